The molecule has 0 amide bonds. The predicted octanol–water partition coefficient (Wildman–Crippen LogP) is 3.93. The molecule has 0 fully saturated rings. The summed E-state index contributed by atoms with van der Waals surface area (Å²) in [6, 6.07) is 0. The lowest BCUT2D eigenvalue weighted by Crippen LogP contribution is -2.30. The van der Waals surface area contributed by atoms with Crippen molar-refractivity contribution in [2.75, 3.05) is 11.7 Å². The molecule has 0 heterocycles. The van der Waals surface area contributed by atoms with Gasteiger partial charge in [-0.05, 0) is 31.4 Å². The monoisotopic (exact) mass is 204 g/mol. The van der Waals surface area contributed by atoms with Crippen molar-refractivity contribution in [3.05, 3.63) is 0 Å². The summed E-state index contributed by atoms with van der Waals surface area (Å²) >= 11 is 1.84. The van der Waals surface area contributed by atoms with Crippen LogP contribution in [0.1, 0.15) is 48.0 Å². The van der Waals surface area contributed by atoms with Gasteiger partial charge in [0.05, 0.1) is 11.5 Å². The summed E-state index contributed by atoms with van der Waals surface area (Å²) in [5, 5.41) is 0. The highest BCUT2D eigenvalue weighted by atomic mass is 32.2. The van der Waals surface area contributed by atoms with Gasteiger partial charge in [0.2, 0.25) is 0 Å². The van der Waals surface area contributed by atoms with E-state index >= 15 is 0 Å². The second-order valence-corrected chi connectivity index (χ2v) is 6.47. The number of ether oxygens (including phenoxy) is 1. The van der Waals surface area contributed by atoms with Gasteiger partial charge in [-0.1, -0.05) is 27.7 Å². The maximum Gasteiger partial charge on any atom is 0.0928 e. The molecular formula is C11H24OS. The average molecular weight is 204 g/mol. The number of rotatable bonds is 5. The van der Waals surface area contributed by atoms with Crippen molar-refractivity contribution in [1.29, 1.82) is 0 Å². The Labute approximate surface area is 87.6 Å². The lowest BCUT2D eigenvalue weighted by molar-refractivity contribution is -0.0181. The lowest BCUT2D eigenvalue weighted by Gasteiger charge is -2.32. The molecule has 0 spiro atoms. The Morgan fingerprint density at radius 3 is 2.00 bits per heavy atom. The number of hydrogen-bond acceptors (Lipinski definition) is 2. The SMILES string of the molecule is CCSCOC(C)(C)CC(C)(C)C. The fraction of sp³-hybridized carbons (Fsp3) is 1.00. The van der Waals surface area contributed by atoms with E-state index in [-0.39, 0.29) is 5.60 Å². The maximum atomic E-state index is 5.81. The summed E-state index contributed by atoms with van der Waals surface area (Å²) in [5.41, 5.74) is 0.362. The quantitative estimate of drug-likeness (QED) is 0.496. The average Bonchev–Trinajstić information content (AvgIpc) is 1.81. The Morgan fingerprint density at radius 1 is 1.08 bits per heavy atom. The van der Waals surface area contributed by atoms with Crippen LogP contribution in [0, 0.1) is 5.41 Å². The minimum Gasteiger partial charge on any atom is -0.365 e. The number of hydrogen-bond donors (Lipinski definition) is 0. The molecule has 0 bridgehead atoms. The fourth-order valence-electron chi connectivity index (χ4n) is 1.61. The first-order chi connectivity index (χ1) is 5.77. The Bertz CT molecular complexity index is 136. The van der Waals surface area contributed by atoms with E-state index in [9.17, 15) is 0 Å². The van der Waals surface area contributed by atoms with Gasteiger partial charge in [-0.3, -0.25) is 0 Å². The van der Waals surface area contributed by atoms with E-state index in [0.717, 1.165) is 18.1 Å². The second kappa shape index (κ2) is 5.26. The molecule has 2 heteroatoms. The highest BCUT2D eigenvalue weighted by molar-refractivity contribution is 7.99. The first-order valence-electron chi connectivity index (χ1n) is 4.98. The molecule has 0 atom stereocenters. The lowest BCUT2D eigenvalue weighted by atomic mass is 9.84. The zero-order chi connectivity index (χ0) is 10.5. The second-order valence-electron chi connectivity index (χ2n) is 5.25. The molecule has 0 aromatic rings. The summed E-state index contributed by atoms with van der Waals surface area (Å²) in [4.78, 5) is 0. The molecule has 0 aliphatic carbocycles. The molecule has 0 aliphatic rings. The first kappa shape index (κ1) is 13.3. The summed E-state index contributed by atoms with van der Waals surface area (Å²) in [6.45, 7) is 13.3. The third-order valence-corrected chi connectivity index (χ3v) is 2.39. The van der Waals surface area contributed by atoms with Crippen LogP contribution in [0.15, 0.2) is 0 Å². The zero-order valence-corrected chi connectivity index (χ0v) is 10.8. The normalized spacial score (nSPS) is 13.4. The Hall–Kier alpha value is 0.310. The summed E-state index contributed by atoms with van der Waals surface area (Å²) in [7, 11) is 0. The van der Waals surface area contributed by atoms with Crippen LogP contribution in [0.25, 0.3) is 0 Å². The Balaban J connectivity index is 3.80. The van der Waals surface area contributed by atoms with Gasteiger partial charge in [-0.15, -0.1) is 11.8 Å². The molecule has 0 unspecified atom stereocenters. The topological polar surface area (TPSA) is 9.23 Å². The molecule has 1 nitrogen and oxygen atoms in total. The molecule has 0 N–H and O–H groups in total. The van der Waals surface area contributed by atoms with E-state index in [0.29, 0.717) is 5.41 Å². The van der Waals surface area contributed by atoms with E-state index in [4.69, 9.17) is 4.74 Å². The Morgan fingerprint density at radius 2 is 1.62 bits per heavy atom. The summed E-state index contributed by atoms with van der Waals surface area (Å²) < 4.78 is 5.81. The van der Waals surface area contributed by atoms with E-state index in [1.807, 2.05) is 11.8 Å². The van der Waals surface area contributed by atoms with Gasteiger partial charge in [0.15, 0.2) is 0 Å². The van der Waals surface area contributed by atoms with Crippen LogP contribution < -0.4 is 0 Å². The molecule has 80 valence electrons. The number of thioether (sulfide) groups is 1. The summed E-state index contributed by atoms with van der Waals surface area (Å²) in [5.74, 6) is 1.95. The van der Waals surface area contributed by atoms with Gasteiger partial charge in [-0.25, -0.2) is 0 Å². The Kier molecular flexibility index (Phi) is 5.38. The fourth-order valence-corrected chi connectivity index (χ4v) is 2.18. The van der Waals surface area contributed by atoms with Gasteiger partial charge in [-0.2, -0.15) is 0 Å². The molecule has 13 heavy (non-hydrogen) atoms. The maximum absolute atomic E-state index is 5.81. The molecule has 0 aliphatic heterocycles. The highest BCUT2D eigenvalue weighted by Gasteiger charge is 2.25. The molecule has 0 saturated heterocycles. The van der Waals surface area contributed by atoms with Gasteiger partial charge >= 0.3 is 0 Å². The minimum atomic E-state index is 0.0143. The standard InChI is InChI=1S/C11H24OS/c1-7-13-9-12-11(5,6)8-10(2,3)4/h7-9H2,1-6H3. The molecular weight excluding hydrogens is 180 g/mol. The van der Waals surface area contributed by atoms with Crippen molar-refractivity contribution in [1.82, 2.24) is 0 Å². The van der Waals surface area contributed by atoms with Gasteiger partial charge < -0.3 is 4.74 Å². The van der Waals surface area contributed by atoms with Crippen molar-refractivity contribution in [3.8, 4) is 0 Å². The van der Waals surface area contributed by atoms with Crippen LogP contribution in [0.3, 0.4) is 0 Å². The van der Waals surface area contributed by atoms with E-state index in [1.54, 1.807) is 0 Å². The third-order valence-electron chi connectivity index (χ3n) is 1.69. The van der Waals surface area contributed by atoms with Crippen molar-refractivity contribution in [3.63, 3.8) is 0 Å². The molecule has 0 radical (unpaired) electrons. The van der Waals surface area contributed by atoms with E-state index < -0.39 is 0 Å². The largest absolute Gasteiger partial charge is 0.365 e. The van der Waals surface area contributed by atoms with Crippen LogP contribution >= 0.6 is 11.8 Å². The molecule has 0 aromatic heterocycles. The van der Waals surface area contributed by atoms with Gasteiger partial charge in [0.25, 0.3) is 0 Å². The van der Waals surface area contributed by atoms with Gasteiger partial charge in [0, 0.05) is 0 Å². The van der Waals surface area contributed by atoms with Crippen LogP contribution in [0.5, 0.6) is 0 Å². The molecule has 0 saturated carbocycles. The van der Waals surface area contributed by atoms with E-state index in [2.05, 4.69) is 41.5 Å². The van der Waals surface area contributed by atoms with E-state index in [1.165, 1.54) is 0 Å². The van der Waals surface area contributed by atoms with Crippen LogP contribution in [-0.4, -0.2) is 17.3 Å². The smallest absolute Gasteiger partial charge is 0.0928 e. The first-order valence-corrected chi connectivity index (χ1v) is 6.14. The van der Waals surface area contributed by atoms with Crippen molar-refractivity contribution < 1.29 is 4.74 Å². The zero-order valence-electron chi connectivity index (χ0n) is 9.94. The van der Waals surface area contributed by atoms with Crippen LogP contribution in [-0.2, 0) is 4.74 Å². The highest BCUT2D eigenvalue weighted by Crippen LogP contribution is 2.29. The predicted molar refractivity (Wildman–Crippen MR) is 62.2 cm³/mol. The molecule has 0 aromatic carbocycles. The van der Waals surface area contributed by atoms with Crippen molar-refractivity contribution >= 4 is 11.8 Å². The van der Waals surface area contributed by atoms with Crippen LogP contribution in [0.2, 0.25) is 0 Å². The molecule has 0 rings (SSSR count). The third kappa shape index (κ3) is 8.63. The summed E-state index contributed by atoms with van der Waals surface area (Å²) in [6.07, 6.45) is 1.10. The van der Waals surface area contributed by atoms with Crippen molar-refractivity contribution in [2.45, 2.75) is 53.6 Å². The van der Waals surface area contributed by atoms with Crippen LogP contribution in [0.4, 0.5) is 0 Å². The minimum absolute atomic E-state index is 0.0143. The van der Waals surface area contributed by atoms with Gasteiger partial charge in [0.1, 0.15) is 0 Å². The van der Waals surface area contributed by atoms with Crippen molar-refractivity contribution in [2.24, 2.45) is 5.41 Å².